The van der Waals surface area contributed by atoms with Crippen LogP contribution in [0.5, 0.6) is 5.75 Å². The Hall–Kier alpha value is -1.21. The lowest BCUT2D eigenvalue weighted by Crippen LogP contribution is -2.40. The van der Waals surface area contributed by atoms with Crippen molar-refractivity contribution in [1.29, 1.82) is 0 Å². The van der Waals surface area contributed by atoms with Crippen LogP contribution in [0.2, 0.25) is 5.02 Å². The molecule has 0 N–H and O–H groups in total. The molecule has 2 rings (SSSR count). The smallest absolute Gasteiger partial charge is 0.430 e. The molecule has 0 radical (unpaired) electrons. The fourth-order valence-electron chi connectivity index (χ4n) is 1.63. The number of carbonyl (C=O) groups excluding carboxylic acids is 1. The largest absolute Gasteiger partial charge is 0.475 e. The van der Waals surface area contributed by atoms with Crippen LogP contribution in [-0.4, -0.2) is 18.2 Å². The van der Waals surface area contributed by atoms with Gasteiger partial charge in [0.1, 0.15) is 5.75 Å². The zero-order valence-electron chi connectivity index (χ0n) is 9.00. The minimum Gasteiger partial charge on any atom is -0.475 e. The van der Waals surface area contributed by atoms with Gasteiger partial charge in [0.15, 0.2) is 16.3 Å². The Morgan fingerprint density at radius 1 is 1.42 bits per heavy atom. The molecule has 1 aromatic rings. The summed E-state index contributed by atoms with van der Waals surface area (Å²) in [5, 5.41) is 0.315. The van der Waals surface area contributed by atoms with Crippen LogP contribution in [-0.2, 0) is 8.62 Å². The molecule has 0 spiro atoms. The Labute approximate surface area is 119 Å². The molecule has 3 nitrogen and oxygen atoms in total. The van der Waals surface area contributed by atoms with E-state index in [1.54, 1.807) is 0 Å². The third-order valence-corrected chi connectivity index (χ3v) is 2.94. The number of carbonyl (C=O) groups is 1. The fourth-order valence-corrected chi connectivity index (χ4v) is 1.99. The molecule has 0 saturated heterocycles. The van der Waals surface area contributed by atoms with Crippen LogP contribution < -0.4 is 4.74 Å². The van der Waals surface area contributed by atoms with Gasteiger partial charge in [-0.25, -0.2) is 4.79 Å². The number of benzene rings is 1. The first-order valence-electron chi connectivity index (χ1n) is 4.90. The summed E-state index contributed by atoms with van der Waals surface area (Å²) in [7, 11) is 0. The van der Waals surface area contributed by atoms with Crippen LogP contribution in [0, 0.1) is 0 Å². The molecular formula is C11H5BrClF3O3. The van der Waals surface area contributed by atoms with E-state index in [1.165, 1.54) is 18.2 Å². The Bertz CT molecular complexity index is 557. The van der Waals surface area contributed by atoms with Gasteiger partial charge in [0.2, 0.25) is 6.10 Å². The first kappa shape index (κ1) is 14.2. The Balaban J connectivity index is 2.52. The van der Waals surface area contributed by atoms with Crippen molar-refractivity contribution in [3.63, 3.8) is 0 Å². The van der Waals surface area contributed by atoms with Gasteiger partial charge in [0.25, 0.3) is 0 Å². The average molecular weight is 358 g/mol. The van der Waals surface area contributed by atoms with Crippen molar-refractivity contribution in [3.05, 3.63) is 34.4 Å². The molecule has 0 amide bonds. The molecule has 1 aromatic carbocycles. The highest BCUT2D eigenvalue weighted by molar-refractivity contribution is 9.06. The van der Waals surface area contributed by atoms with E-state index in [2.05, 4.69) is 20.1 Å². The lowest BCUT2D eigenvalue weighted by molar-refractivity contribution is -0.186. The maximum absolute atomic E-state index is 12.8. The summed E-state index contributed by atoms with van der Waals surface area (Å²) in [6.07, 6.45) is -6.05. The first-order valence-corrected chi connectivity index (χ1v) is 5.93. The highest BCUT2D eigenvalue weighted by atomic mass is 79.9. The monoisotopic (exact) mass is 356 g/mol. The van der Waals surface area contributed by atoms with Gasteiger partial charge in [-0.3, -0.25) is 0 Å². The van der Waals surface area contributed by atoms with E-state index in [9.17, 15) is 18.0 Å². The number of fused-ring (bicyclic) bond motifs is 1. The lowest BCUT2D eigenvalue weighted by atomic mass is 10.0. The van der Waals surface area contributed by atoms with Crippen molar-refractivity contribution in [1.82, 2.24) is 0 Å². The number of hydrogen-bond acceptors (Lipinski definition) is 3. The van der Waals surface area contributed by atoms with Gasteiger partial charge in [-0.2, -0.15) is 13.2 Å². The molecule has 102 valence electrons. The average Bonchev–Trinajstić information content (AvgIpc) is 2.35. The molecule has 0 aliphatic carbocycles. The SMILES string of the molecule is O=C(OBr)C1=Cc2cc(Cl)ccc2OC1C(F)(F)F. The van der Waals surface area contributed by atoms with Crippen molar-refractivity contribution in [2.45, 2.75) is 12.3 Å². The molecular weight excluding hydrogens is 352 g/mol. The Morgan fingerprint density at radius 2 is 2.11 bits per heavy atom. The fraction of sp³-hybridized carbons (Fsp3) is 0.182. The first-order chi connectivity index (χ1) is 8.82. The van der Waals surface area contributed by atoms with Gasteiger partial charge in [-0.1, -0.05) is 11.6 Å². The second-order valence-electron chi connectivity index (χ2n) is 3.69. The molecule has 0 aromatic heterocycles. The van der Waals surface area contributed by atoms with Crippen LogP contribution in [0.4, 0.5) is 13.2 Å². The second kappa shape index (κ2) is 5.05. The summed E-state index contributed by atoms with van der Waals surface area (Å²) in [6.45, 7) is 0. The van der Waals surface area contributed by atoms with Crippen LogP contribution in [0.25, 0.3) is 6.08 Å². The summed E-state index contributed by atoms with van der Waals surface area (Å²) < 4.78 is 47.5. The van der Waals surface area contributed by atoms with E-state index in [-0.39, 0.29) is 11.3 Å². The summed E-state index contributed by atoms with van der Waals surface area (Å²) >= 11 is 8.09. The summed E-state index contributed by atoms with van der Waals surface area (Å²) in [5.41, 5.74) is -0.375. The molecule has 1 atom stereocenters. The Morgan fingerprint density at radius 3 is 2.68 bits per heavy atom. The summed E-state index contributed by atoms with van der Waals surface area (Å²) in [6, 6.07) is 4.10. The molecule has 1 aliphatic heterocycles. The van der Waals surface area contributed by atoms with E-state index < -0.39 is 23.8 Å². The number of halogens is 5. The van der Waals surface area contributed by atoms with Gasteiger partial charge in [-0.15, -0.1) is 0 Å². The second-order valence-corrected chi connectivity index (χ2v) is 4.45. The number of rotatable bonds is 1. The lowest BCUT2D eigenvalue weighted by Gasteiger charge is -2.27. The van der Waals surface area contributed by atoms with Crippen molar-refractivity contribution in [2.75, 3.05) is 0 Å². The van der Waals surface area contributed by atoms with Gasteiger partial charge in [0.05, 0.1) is 5.57 Å². The van der Waals surface area contributed by atoms with Gasteiger partial charge in [0, 0.05) is 10.6 Å². The molecule has 8 heteroatoms. The van der Waals surface area contributed by atoms with E-state index in [0.717, 1.165) is 6.08 Å². The van der Waals surface area contributed by atoms with Crippen molar-refractivity contribution >= 4 is 39.9 Å². The molecule has 1 aliphatic rings. The normalized spacial score (nSPS) is 18.2. The van der Waals surface area contributed by atoms with Gasteiger partial charge >= 0.3 is 12.1 Å². The standard InChI is InChI=1S/C11H5BrClF3O3/c12-19-10(17)7-4-5-3-6(13)1-2-8(5)18-9(7)11(14,15)16/h1-4,9H. The van der Waals surface area contributed by atoms with Crippen LogP contribution in [0.3, 0.4) is 0 Å². The topological polar surface area (TPSA) is 35.5 Å². The molecule has 0 saturated carbocycles. The van der Waals surface area contributed by atoms with E-state index >= 15 is 0 Å². The molecule has 19 heavy (non-hydrogen) atoms. The van der Waals surface area contributed by atoms with E-state index in [4.69, 9.17) is 16.3 Å². The predicted octanol–water partition coefficient (Wildman–Crippen LogP) is 3.90. The van der Waals surface area contributed by atoms with E-state index in [1.807, 2.05) is 0 Å². The van der Waals surface area contributed by atoms with Crippen LogP contribution >= 0.6 is 27.9 Å². The Kier molecular flexibility index (Phi) is 3.78. The maximum Gasteiger partial charge on any atom is 0.430 e. The van der Waals surface area contributed by atoms with E-state index in [0.29, 0.717) is 5.02 Å². The molecule has 1 heterocycles. The van der Waals surface area contributed by atoms with Gasteiger partial charge in [-0.05, 0) is 24.3 Å². The maximum atomic E-state index is 12.8. The van der Waals surface area contributed by atoms with Crippen molar-refractivity contribution in [3.8, 4) is 5.75 Å². The summed E-state index contributed by atoms with van der Waals surface area (Å²) in [5.74, 6) is -1.18. The van der Waals surface area contributed by atoms with Crippen molar-refractivity contribution in [2.24, 2.45) is 0 Å². The highest BCUT2D eigenvalue weighted by Crippen LogP contribution is 2.38. The van der Waals surface area contributed by atoms with Crippen molar-refractivity contribution < 1.29 is 26.5 Å². The van der Waals surface area contributed by atoms with Crippen LogP contribution in [0.15, 0.2) is 23.8 Å². The number of ether oxygens (including phenoxy) is 1. The highest BCUT2D eigenvalue weighted by Gasteiger charge is 2.48. The molecule has 0 fully saturated rings. The summed E-state index contributed by atoms with van der Waals surface area (Å²) in [4.78, 5) is 11.4. The quantitative estimate of drug-likeness (QED) is 0.765. The number of hydrogen-bond donors (Lipinski definition) is 0. The number of alkyl halides is 3. The van der Waals surface area contributed by atoms with Crippen LogP contribution in [0.1, 0.15) is 5.56 Å². The minimum absolute atomic E-state index is 0.00199. The molecule has 0 bridgehead atoms. The van der Waals surface area contributed by atoms with Gasteiger partial charge < -0.3 is 8.57 Å². The third kappa shape index (κ3) is 2.87. The predicted molar refractivity (Wildman–Crippen MR) is 64.9 cm³/mol. The zero-order chi connectivity index (χ0) is 14.2. The third-order valence-electron chi connectivity index (χ3n) is 2.41. The minimum atomic E-state index is -4.73. The molecule has 1 unspecified atom stereocenters. The zero-order valence-corrected chi connectivity index (χ0v) is 11.3.